The average Bonchev–Trinajstić information content (AvgIpc) is 3.07. The molecule has 0 radical (unpaired) electrons. The van der Waals surface area contributed by atoms with Gasteiger partial charge < -0.3 is 10.6 Å². The minimum atomic E-state index is -4.46. The highest BCUT2D eigenvalue weighted by atomic mass is 19.4. The molecule has 7 nitrogen and oxygen atoms in total. The lowest BCUT2D eigenvalue weighted by Crippen LogP contribution is -2.17. The Morgan fingerprint density at radius 3 is 2.44 bits per heavy atom. The van der Waals surface area contributed by atoms with Crippen molar-refractivity contribution < 1.29 is 13.2 Å². The van der Waals surface area contributed by atoms with Crippen LogP contribution in [0.1, 0.15) is 5.69 Å². The minimum Gasteiger partial charge on any atom is -0.368 e. The summed E-state index contributed by atoms with van der Waals surface area (Å²) < 4.78 is 39.4. The molecule has 3 aromatic rings. The number of hydrogen-bond donors (Lipinski definition) is 2. The summed E-state index contributed by atoms with van der Waals surface area (Å²) in [4.78, 5) is 3.53. The molecule has 1 aromatic carbocycles. The van der Waals surface area contributed by atoms with Crippen molar-refractivity contribution in [3.63, 3.8) is 0 Å². The largest absolute Gasteiger partial charge is 0.433 e. The highest BCUT2D eigenvalue weighted by molar-refractivity contribution is 5.39. The first-order valence-corrected chi connectivity index (χ1v) is 7.40. The Balaban J connectivity index is 1.56. The van der Waals surface area contributed by atoms with Crippen molar-refractivity contribution in [3.8, 4) is 5.69 Å². The van der Waals surface area contributed by atoms with E-state index in [4.69, 9.17) is 0 Å². The van der Waals surface area contributed by atoms with Gasteiger partial charge in [-0.15, -0.1) is 0 Å². The molecule has 0 aliphatic rings. The lowest BCUT2D eigenvalue weighted by atomic mass is 10.3. The van der Waals surface area contributed by atoms with E-state index in [0.29, 0.717) is 19.0 Å². The van der Waals surface area contributed by atoms with Gasteiger partial charge in [-0.1, -0.05) is 29.4 Å². The zero-order valence-electron chi connectivity index (χ0n) is 12.9. The van der Waals surface area contributed by atoms with E-state index in [1.807, 2.05) is 30.3 Å². The lowest BCUT2D eigenvalue weighted by molar-refractivity contribution is -0.141. The Kier molecular flexibility index (Phi) is 4.78. The molecule has 0 bridgehead atoms. The number of aromatic nitrogens is 5. The Morgan fingerprint density at radius 2 is 1.68 bits per heavy atom. The van der Waals surface area contributed by atoms with Crippen LogP contribution in [0.15, 0.2) is 48.5 Å². The smallest absolute Gasteiger partial charge is 0.368 e. The number of pyridine rings is 1. The van der Waals surface area contributed by atoms with E-state index in [2.05, 4.69) is 31.1 Å². The SMILES string of the molecule is FC(F)(F)c1cccc(NCCNc2nnnn2-c2ccccc2)n1. The van der Waals surface area contributed by atoms with Crippen LogP contribution in [-0.2, 0) is 6.18 Å². The van der Waals surface area contributed by atoms with E-state index < -0.39 is 11.9 Å². The summed E-state index contributed by atoms with van der Waals surface area (Å²) in [5.74, 6) is 0.587. The van der Waals surface area contributed by atoms with Gasteiger partial charge in [0.05, 0.1) is 5.69 Å². The first-order valence-electron chi connectivity index (χ1n) is 7.40. The molecule has 25 heavy (non-hydrogen) atoms. The standard InChI is InChI=1S/C15H14F3N7/c16-15(17,18)12-7-4-8-13(21-12)19-9-10-20-14-22-23-24-25(14)11-5-2-1-3-6-11/h1-8H,9-10H2,(H,19,21)(H,20,22,24). The summed E-state index contributed by atoms with van der Waals surface area (Å²) >= 11 is 0. The molecule has 0 aliphatic heterocycles. The van der Waals surface area contributed by atoms with Crippen LogP contribution in [0.4, 0.5) is 24.9 Å². The topological polar surface area (TPSA) is 80.5 Å². The van der Waals surface area contributed by atoms with Gasteiger partial charge in [0.1, 0.15) is 11.5 Å². The maximum atomic E-state index is 12.6. The summed E-state index contributed by atoms with van der Waals surface area (Å²) in [6, 6.07) is 13.0. The van der Waals surface area contributed by atoms with Crippen molar-refractivity contribution in [2.75, 3.05) is 23.7 Å². The highest BCUT2D eigenvalue weighted by Gasteiger charge is 2.32. The molecule has 0 saturated carbocycles. The van der Waals surface area contributed by atoms with E-state index in [-0.39, 0.29) is 5.82 Å². The zero-order valence-corrected chi connectivity index (χ0v) is 12.9. The Hall–Kier alpha value is -3.17. The van der Waals surface area contributed by atoms with E-state index >= 15 is 0 Å². The molecular weight excluding hydrogens is 335 g/mol. The number of benzene rings is 1. The van der Waals surface area contributed by atoms with Gasteiger partial charge in [-0.05, 0) is 34.7 Å². The second-order valence-corrected chi connectivity index (χ2v) is 5.01. The molecule has 130 valence electrons. The molecule has 0 fully saturated rings. The predicted octanol–water partition coefficient (Wildman–Crippen LogP) is 2.60. The highest BCUT2D eigenvalue weighted by Crippen LogP contribution is 2.28. The second kappa shape index (κ2) is 7.16. The summed E-state index contributed by atoms with van der Waals surface area (Å²) in [6.07, 6.45) is -4.46. The fourth-order valence-corrected chi connectivity index (χ4v) is 2.10. The van der Waals surface area contributed by atoms with Crippen LogP contribution in [0, 0.1) is 0 Å². The van der Waals surface area contributed by atoms with Crippen LogP contribution in [0.25, 0.3) is 5.69 Å². The van der Waals surface area contributed by atoms with E-state index in [1.165, 1.54) is 16.8 Å². The molecule has 2 aromatic heterocycles. The van der Waals surface area contributed by atoms with E-state index in [9.17, 15) is 13.2 Å². The fourth-order valence-electron chi connectivity index (χ4n) is 2.10. The Morgan fingerprint density at radius 1 is 0.920 bits per heavy atom. The maximum Gasteiger partial charge on any atom is 0.433 e. The Bertz CT molecular complexity index is 817. The van der Waals surface area contributed by atoms with Gasteiger partial charge >= 0.3 is 6.18 Å². The van der Waals surface area contributed by atoms with E-state index in [0.717, 1.165) is 11.8 Å². The van der Waals surface area contributed by atoms with Crippen LogP contribution in [-0.4, -0.2) is 38.3 Å². The van der Waals surface area contributed by atoms with Crippen LogP contribution < -0.4 is 10.6 Å². The fraction of sp³-hybridized carbons (Fsp3) is 0.200. The molecule has 2 heterocycles. The number of anilines is 2. The second-order valence-electron chi connectivity index (χ2n) is 5.01. The summed E-state index contributed by atoms with van der Waals surface area (Å²) in [5, 5.41) is 17.2. The first-order chi connectivity index (χ1) is 12.0. The molecule has 2 N–H and O–H groups in total. The molecular formula is C15H14F3N7. The van der Waals surface area contributed by atoms with Crippen LogP contribution in [0.5, 0.6) is 0 Å². The molecule has 3 rings (SSSR count). The van der Waals surface area contributed by atoms with Crippen molar-refractivity contribution in [2.24, 2.45) is 0 Å². The first kappa shape index (κ1) is 16.7. The summed E-state index contributed by atoms with van der Waals surface area (Å²) in [5.41, 5.74) is -0.138. The van der Waals surface area contributed by atoms with Crippen molar-refractivity contribution in [1.82, 2.24) is 25.2 Å². The minimum absolute atomic E-state index is 0.152. The van der Waals surface area contributed by atoms with Gasteiger partial charge in [0, 0.05) is 13.1 Å². The molecule has 0 spiro atoms. The number of hydrogen-bond acceptors (Lipinski definition) is 6. The van der Waals surface area contributed by atoms with Gasteiger partial charge in [-0.2, -0.15) is 17.9 Å². The molecule has 0 saturated heterocycles. The number of nitrogens with one attached hydrogen (secondary N) is 2. The lowest BCUT2D eigenvalue weighted by Gasteiger charge is -2.10. The van der Waals surface area contributed by atoms with Crippen LogP contribution >= 0.6 is 0 Å². The van der Waals surface area contributed by atoms with Gasteiger partial charge in [0.25, 0.3) is 0 Å². The molecule has 0 unspecified atom stereocenters. The monoisotopic (exact) mass is 349 g/mol. The van der Waals surface area contributed by atoms with Gasteiger partial charge in [-0.3, -0.25) is 0 Å². The maximum absolute atomic E-state index is 12.6. The van der Waals surface area contributed by atoms with Crippen LogP contribution in [0.2, 0.25) is 0 Å². The quantitative estimate of drug-likeness (QED) is 0.666. The third-order valence-electron chi connectivity index (χ3n) is 3.22. The molecule has 0 amide bonds. The molecule has 10 heteroatoms. The molecule has 0 atom stereocenters. The van der Waals surface area contributed by atoms with Gasteiger partial charge in [0.15, 0.2) is 0 Å². The normalized spacial score (nSPS) is 11.3. The van der Waals surface area contributed by atoms with Gasteiger partial charge in [-0.25, -0.2) is 4.98 Å². The van der Waals surface area contributed by atoms with Crippen molar-refractivity contribution in [1.29, 1.82) is 0 Å². The number of nitrogens with zero attached hydrogens (tertiary/aromatic N) is 5. The van der Waals surface area contributed by atoms with Crippen molar-refractivity contribution in [2.45, 2.75) is 6.18 Å². The third-order valence-corrected chi connectivity index (χ3v) is 3.22. The number of rotatable bonds is 6. The molecule has 0 aliphatic carbocycles. The average molecular weight is 349 g/mol. The van der Waals surface area contributed by atoms with E-state index in [1.54, 1.807) is 0 Å². The number of halogens is 3. The van der Waals surface area contributed by atoms with Crippen molar-refractivity contribution >= 4 is 11.8 Å². The van der Waals surface area contributed by atoms with Crippen LogP contribution in [0.3, 0.4) is 0 Å². The zero-order chi connectivity index (χ0) is 17.7. The summed E-state index contributed by atoms with van der Waals surface area (Å²) in [7, 11) is 0. The predicted molar refractivity (Wildman–Crippen MR) is 85.4 cm³/mol. The number of tetrazole rings is 1. The number of para-hydroxylation sites is 1. The number of alkyl halides is 3. The third kappa shape index (κ3) is 4.22. The Labute approximate surface area is 140 Å². The van der Waals surface area contributed by atoms with Crippen molar-refractivity contribution in [3.05, 3.63) is 54.2 Å². The summed E-state index contributed by atoms with van der Waals surface area (Å²) in [6.45, 7) is 0.737. The van der Waals surface area contributed by atoms with Gasteiger partial charge in [0.2, 0.25) is 5.95 Å².